The van der Waals surface area contributed by atoms with Crippen molar-refractivity contribution in [1.29, 1.82) is 0 Å². The van der Waals surface area contributed by atoms with E-state index in [0.717, 1.165) is 24.2 Å². The van der Waals surface area contributed by atoms with E-state index in [1.54, 1.807) is 18.3 Å². The number of oxazole rings is 1. The van der Waals surface area contributed by atoms with Gasteiger partial charge in [-0.2, -0.15) is 0 Å². The zero-order chi connectivity index (χ0) is 19.8. The molecule has 1 aromatic heterocycles. The molecule has 5 nitrogen and oxygen atoms in total. The number of rotatable bonds is 9. The van der Waals surface area contributed by atoms with Crippen LogP contribution in [0.15, 0.2) is 65.2 Å². The first-order chi connectivity index (χ1) is 13.6. The summed E-state index contributed by atoms with van der Waals surface area (Å²) in [6.45, 7) is 1.49. The van der Waals surface area contributed by atoms with E-state index in [0.29, 0.717) is 31.0 Å². The normalized spacial score (nSPS) is 10.6. The Morgan fingerprint density at radius 2 is 1.89 bits per heavy atom. The molecule has 3 aromatic rings. The van der Waals surface area contributed by atoms with Crippen LogP contribution in [0.2, 0.25) is 0 Å². The summed E-state index contributed by atoms with van der Waals surface area (Å²) in [6, 6.07) is 16.2. The molecule has 0 saturated carbocycles. The molecule has 0 aliphatic rings. The minimum Gasteiger partial charge on any atom is -0.441 e. The van der Waals surface area contributed by atoms with Crippen molar-refractivity contribution in [2.75, 3.05) is 25.0 Å². The minimum atomic E-state index is -0.296. The van der Waals surface area contributed by atoms with Crippen molar-refractivity contribution in [3.8, 4) is 11.3 Å². The molecule has 1 N–H and O–H groups in total. The number of carbonyl (C=O) groups is 1. The number of nitrogens with one attached hydrogen (secondary N) is 1. The number of anilines is 1. The summed E-state index contributed by atoms with van der Waals surface area (Å²) in [6.07, 6.45) is 3.21. The fraction of sp³-hybridized carbons (Fsp3) is 0.273. The maximum absolute atomic E-state index is 13.0. The van der Waals surface area contributed by atoms with Crippen LogP contribution < -0.4 is 10.2 Å². The van der Waals surface area contributed by atoms with Crippen LogP contribution in [0.25, 0.3) is 11.3 Å². The second kappa shape index (κ2) is 9.69. The van der Waals surface area contributed by atoms with Crippen LogP contribution in [0.5, 0.6) is 0 Å². The smallest absolute Gasteiger partial charge is 0.220 e. The Kier molecular flexibility index (Phi) is 6.78. The number of hydrogen-bond acceptors (Lipinski definition) is 4. The monoisotopic (exact) mass is 381 g/mol. The Bertz CT molecular complexity index is 878. The zero-order valence-electron chi connectivity index (χ0n) is 15.9. The zero-order valence-corrected chi connectivity index (χ0v) is 15.9. The molecule has 2 aromatic carbocycles. The second-order valence-electron chi connectivity index (χ2n) is 6.59. The predicted octanol–water partition coefficient (Wildman–Crippen LogP) is 4.06. The van der Waals surface area contributed by atoms with Crippen molar-refractivity contribution in [3.63, 3.8) is 0 Å². The lowest BCUT2D eigenvalue weighted by molar-refractivity contribution is -0.121. The Labute approximate surface area is 164 Å². The fourth-order valence-electron chi connectivity index (χ4n) is 2.84. The van der Waals surface area contributed by atoms with Gasteiger partial charge in [-0.05, 0) is 42.8 Å². The summed E-state index contributed by atoms with van der Waals surface area (Å²) in [4.78, 5) is 18.4. The van der Waals surface area contributed by atoms with Crippen LogP contribution in [0.1, 0.15) is 18.7 Å². The number of para-hydroxylation sites is 1. The maximum atomic E-state index is 13.0. The first kappa shape index (κ1) is 19.6. The largest absolute Gasteiger partial charge is 0.441 e. The van der Waals surface area contributed by atoms with Gasteiger partial charge in [0.05, 0.1) is 6.20 Å². The molecule has 146 valence electrons. The molecule has 0 fully saturated rings. The summed E-state index contributed by atoms with van der Waals surface area (Å²) < 4.78 is 18.6. The summed E-state index contributed by atoms with van der Waals surface area (Å²) in [5, 5.41) is 2.93. The molecule has 0 spiro atoms. The molecule has 3 rings (SSSR count). The lowest BCUT2D eigenvalue weighted by Gasteiger charge is -2.19. The van der Waals surface area contributed by atoms with Crippen molar-refractivity contribution in [3.05, 3.63) is 72.5 Å². The summed E-state index contributed by atoms with van der Waals surface area (Å²) >= 11 is 0. The number of benzene rings is 2. The highest BCUT2D eigenvalue weighted by atomic mass is 19.1. The molecule has 0 bridgehead atoms. The van der Waals surface area contributed by atoms with Gasteiger partial charge in [0.1, 0.15) is 5.82 Å². The van der Waals surface area contributed by atoms with Crippen molar-refractivity contribution in [2.24, 2.45) is 0 Å². The van der Waals surface area contributed by atoms with Crippen LogP contribution in [-0.2, 0) is 11.2 Å². The third-order valence-electron chi connectivity index (χ3n) is 4.44. The standard InChI is InChI=1S/C22H24FN3O2/c1-26(19-6-3-2-4-7-19)15-5-14-24-21(27)12-13-22-25-16-20(28-22)17-8-10-18(23)11-9-17/h2-4,6-11,16H,5,12-15H2,1H3,(H,24,27). The Balaban J connectivity index is 1.36. The van der Waals surface area contributed by atoms with Crippen LogP contribution in [-0.4, -0.2) is 31.0 Å². The molecule has 0 unspecified atom stereocenters. The highest BCUT2D eigenvalue weighted by Crippen LogP contribution is 2.21. The molecule has 1 amide bonds. The van der Waals surface area contributed by atoms with Gasteiger partial charge in [0.2, 0.25) is 5.91 Å². The van der Waals surface area contributed by atoms with Crippen molar-refractivity contribution >= 4 is 11.6 Å². The van der Waals surface area contributed by atoms with Crippen LogP contribution in [0, 0.1) is 5.82 Å². The summed E-state index contributed by atoms with van der Waals surface area (Å²) in [7, 11) is 2.04. The minimum absolute atomic E-state index is 0.0242. The van der Waals surface area contributed by atoms with E-state index in [-0.39, 0.29) is 11.7 Å². The molecular formula is C22H24FN3O2. The first-order valence-electron chi connectivity index (χ1n) is 9.35. The van der Waals surface area contributed by atoms with Crippen LogP contribution in [0.3, 0.4) is 0 Å². The van der Waals surface area contributed by atoms with Crippen LogP contribution in [0.4, 0.5) is 10.1 Å². The number of aromatic nitrogens is 1. The highest BCUT2D eigenvalue weighted by molar-refractivity contribution is 5.76. The van der Waals surface area contributed by atoms with E-state index < -0.39 is 0 Å². The Hall–Kier alpha value is -3.15. The van der Waals surface area contributed by atoms with Gasteiger partial charge in [-0.1, -0.05) is 18.2 Å². The van der Waals surface area contributed by atoms with E-state index in [9.17, 15) is 9.18 Å². The maximum Gasteiger partial charge on any atom is 0.220 e. The third-order valence-corrected chi connectivity index (χ3v) is 4.44. The Morgan fingerprint density at radius 3 is 2.64 bits per heavy atom. The van der Waals surface area contributed by atoms with Gasteiger partial charge >= 0.3 is 0 Å². The van der Waals surface area contributed by atoms with E-state index in [1.807, 2.05) is 25.2 Å². The topological polar surface area (TPSA) is 58.4 Å². The molecule has 1 heterocycles. The van der Waals surface area contributed by atoms with Gasteiger partial charge in [0.25, 0.3) is 0 Å². The number of amides is 1. The number of nitrogens with zero attached hydrogens (tertiary/aromatic N) is 2. The van der Waals surface area contributed by atoms with E-state index >= 15 is 0 Å². The summed E-state index contributed by atoms with van der Waals surface area (Å²) in [5.74, 6) is 0.747. The third kappa shape index (κ3) is 5.67. The lowest BCUT2D eigenvalue weighted by Crippen LogP contribution is -2.28. The van der Waals surface area contributed by atoms with Gasteiger partial charge in [-0.3, -0.25) is 4.79 Å². The molecule has 0 aliphatic carbocycles. The molecule has 0 atom stereocenters. The average molecular weight is 381 g/mol. The number of hydrogen-bond donors (Lipinski definition) is 1. The highest BCUT2D eigenvalue weighted by Gasteiger charge is 2.09. The number of carbonyl (C=O) groups excluding carboxylic acids is 1. The van der Waals surface area contributed by atoms with E-state index in [4.69, 9.17) is 4.42 Å². The molecule has 0 aliphatic heterocycles. The van der Waals surface area contributed by atoms with E-state index in [2.05, 4.69) is 27.3 Å². The van der Waals surface area contributed by atoms with E-state index in [1.165, 1.54) is 12.1 Å². The molecule has 0 saturated heterocycles. The van der Waals surface area contributed by atoms with Crippen molar-refractivity contribution in [2.45, 2.75) is 19.3 Å². The number of halogens is 1. The predicted molar refractivity (Wildman–Crippen MR) is 108 cm³/mol. The van der Waals surface area contributed by atoms with Crippen molar-refractivity contribution < 1.29 is 13.6 Å². The summed E-state index contributed by atoms with van der Waals surface area (Å²) in [5.41, 5.74) is 1.92. The molecule has 0 radical (unpaired) electrons. The second-order valence-corrected chi connectivity index (χ2v) is 6.59. The van der Waals surface area contributed by atoms with Gasteiger partial charge in [-0.15, -0.1) is 0 Å². The molecular weight excluding hydrogens is 357 g/mol. The number of aryl methyl sites for hydroxylation is 1. The van der Waals surface area contributed by atoms with Crippen LogP contribution >= 0.6 is 0 Å². The van der Waals surface area contributed by atoms with Gasteiger partial charge in [-0.25, -0.2) is 9.37 Å². The first-order valence-corrected chi connectivity index (χ1v) is 9.35. The van der Waals surface area contributed by atoms with Gasteiger partial charge < -0.3 is 14.6 Å². The van der Waals surface area contributed by atoms with Gasteiger partial charge in [0.15, 0.2) is 11.7 Å². The SMILES string of the molecule is CN(CCCNC(=O)CCc1ncc(-c2ccc(F)cc2)o1)c1ccccc1. The molecule has 6 heteroatoms. The molecule has 28 heavy (non-hydrogen) atoms. The quantitative estimate of drug-likeness (QED) is 0.568. The average Bonchev–Trinajstić information content (AvgIpc) is 3.20. The van der Waals surface area contributed by atoms with Crippen molar-refractivity contribution in [1.82, 2.24) is 10.3 Å². The Morgan fingerprint density at radius 1 is 1.14 bits per heavy atom. The lowest BCUT2D eigenvalue weighted by atomic mass is 10.2. The fourth-order valence-corrected chi connectivity index (χ4v) is 2.84. The van der Waals surface area contributed by atoms with Gasteiger partial charge in [0, 0.05) is 44.2 Å².